The first-order chi connectivity index (χ1) is 6.41. The van der Waals surface area contributed by atoms with Crippen molar-refractivity contribution in [3.63, 3.8) is 0 Å². The maximum Gasteiger partial charge on any atom is 0.315 e. The van der Waals surface area contributed by atoms with Gasteiger partial charge in [-0.3, -0.25) is 0 Å². The molecule has 14 heavy (non-hydrogen) atoms. The van der Waals surface area contributed by atoms with Crippen LogP contribution in [0.15, 0.2) is 10.9 Å². The van der Waals surface area contributed by atoms with Crippen molar-refractivity contribution in [3.05, 3.63) is 6.33 Å². The number of rotatable bonds is 1. The summed E-state index contributed by atoms with van der Waals surface area (Å²) in [6.45, 7) is 9.66. The van der Waals surface area contributed by atoms with E-state index >= 15 is 0 Å². The molecule has 1 fully saturated rings. The summed E-state index contributed by atoms with van der Waals surface area (Å²) in [4.78, 5) is 4.16. The molecule has 4 nitrogen and oxygen atoms in total. The van der Waals surface area contributed by atoms with Crippen LogP contribution < -0.4 is 4.57 Å². The van der Waals surface area contributed by atoms with Crippen molar-refractivity contribution < 1.29 is 4.52 Å². The van der Waals surface area contributed by atoms with E-state index in [0.717, 1.165) is 6.01 Å². The number of hydrogen-bond acceptors (Lipinski definition) is 4. The molecule has 1 aliphatic rings. The summed E-state index contributed by atoms with van der Waals surface area (Å²) >= 11 is 0. The molecule has 0 N–H and O–H groups in total. The zero-order valence-corrected chi connectivity index (χ0v) is 11.2. The summed E-state index contributed by atoms with van der Waals surface area (Å²) in [6, 6.07) is 0.736. The first-order valence-electron chi connectivity index (χ1n) is 4.95. The van der Waals surface area contributed by atoms with E-state index in [-0.39, 0.29) is 0 Å². The van der Waals surface area contributed by atoms with Gasteiger partial charge in [-0.25, -0.2) is 0 Å². The van der Waals surface area contributed by atoms with Crippen LogP contribution in [0.2, 0.25) is 31.9 Å². The molecular weight excluding hydrogens is 210 g/mol. The SMILES string of the molecule is C[Si]1(C)CN(c2ncno2)[Si](C)(C)C1. The maximum atomic E-state index is 5.17. The van der Waals surface area contributed by atoms with Crippen LogP contribution in [0.4, 0.5) is 6.01 Å². The number of hydrogen-bond donors (Lipinski definition) is 0. The summed E-state index contributed by atoms with van der Waals surface area (Å²) in [5.41, 5.74) is 1.42. The first kappa shape index (κ1) is 9.91. The topological polar surface area (TPSA) is 42.2 Å². The summed E-state index contributed by atoms with van der Waals surface area (Å²) in [5, 5.41) is 3.69. The molecule has 0 atom stereocenters. The van der Waals surface area contributed by atoms with Crippen LogP contribution in [0.3, 0.4) is 0 Å². The van der Waals surface area contributed by atoms with Gasteiger partial charge in [0.15, 0.2) is 14.6 Å². The maximum absolute atomic E-state index is 5.17. The van der Waals surface area contributed by atoms with E-state index in [1.54, 1.807) is 0 Å². The van der Waals surface area contributed by atoms with Gasteiger partial charge < -0.3 is 9.09 Å². The van der Waals surface area contributed by atoms with E-state index in [1.807, 2.05) is 0 Å². The van der Waals surface area contributed by atoms with E-state index in [4.69, 9.17) is 4.52 Å². The Bertz CT molecular complexity index is 323. The Labute approximate surface area is 86.4 Å². The molecule has 1 aromatic rings. The van der Waals surface area contributed by atoms with Gasteiger partial charge in [-0.1, -0.05) is 31.3 Å². The van der Waals surface area contributed by atoms with Gasteiger partial charge in [0.2, 0.25) is 0 Å². The average molecular weight is 227 g/mol. The monoisotopic (exact) mass is 227 g/mol. The fraction of sp³-hybridized carbons (Fsp3) is 0.750. The third kappa shape index (κ3) is 1.63. The van der Waals surface area contributed by atoms with Crippen LogP contribution in [0.5, 0.6) is 0 Å². The predicted octanol–water partition coefficient (Wildman–Crippen LogP) is 1.88. The van der Waals surface area contributed by atoms with E-state index in [9.17, 15) is 0 Å². The molecule has 1 saturated heterocycles. The molecule has 6 heteroatoms. The van der Waals surface area contributed by atoms with Crippen molar-refractivity contribution in [2.24, 2.45) is 0 Å². The lowest BCUT2D eigenvalue weighted by molar-refractivity contribution is 0.424. The van der Waals surface area contributed by atoms with Gasteiger partial charge in [0.1, 0.15) is 0 Å². The second-order valence-corrected chi connectivity index (χ2v) is 15.7. The Balaban J connectivity index is 2.29. The van der Waals surface area contributed by atoms with Crippen LogP contribution in [0.25, 0.3) is 0 Å². The highest BCUT2D eigenvalue weighted by Crippen LogP contribution is 2.34. The minimum atomic E-state index is -1.31. The van der Waals surface area contributed by atoms with Crippen LogP contribution in [-0.4, -0.2) is 32.6 Å². The molecule has 1 aromatic heterocycles. The molecule has 0 amide bonds. The lowest BCUT2D eigenvalue weighted by Crippen LogP contribution is -2.43. The molecular formula is C8H17N3OSi2. The molecule has 1 aliphatic heterocycles. The molecule has 0 aromatic carbocycles. The van der Waals surface area contributed by atoms with Crippen LogP contribution in [0.1, 0.15) is 0 Å². The second kappa shape index (κ2) is 2.93. The normalized spacial score (nSPS) is 24.1. The van der Waals surface area contributed by atoms with E-state index < -0.39 is 16.3 Å². The van der Waals surface area contributed by atoms with Gasteiger partial charge >= 0.3 is 6.01 Å². The van der Waals surface area contributed by atoms with Crippen molar-refractivity contribution in [2.75, 3.05) is 10.7 Å². The Morgan fingerprint density at radius 3 is 2.50 bits per heavy atom. The Hall–Kier alpha value is -0.626. The van der Waals surface area contributed by atoms with Gasteiger partial charge in [0, 0.05) is 6.17 Å². The van der Waals surface area contributed by atoms with E-state index in [1.165, 1.54) is 18.2 Å². The largest absolute Gasteiger partial charge is 0.355 e. The molecule has 0 radical (unpaired) electrons. The van der Waals surface area contributed by atoms with Crippen molar-refractivity contribution in [1.82, 2.24) is 10.1 Å². The summed E-state index contributed by atoms with van der Waals surface area (Å²) < 4.78 is 7.56. The van der Waals surface area contributed by atoms with Crippen molar-refractivity contribution >= 4 is 22.3 Å². The lowest BCUT2D eigenvalue weighted by atomic mass is 11.0. The lowest BCUT2D eigenvalue weighted by Gasteiger charge is -2.27. The molecule has 2 rings (SSSR count). The minimum Gasteiger partial charge on any atom is -0.355 e. The molecule has 0 unspecified atom stereocenters. The number of anilines is 1. The van der Waals surface area contributed by atoms with E-state index in [2.05, 4.69) is 40.9 Å². The summed E-state index contributed by atoms with van der Waals surface area (Å²) in [5.74, 6) is 0. The first-order valence-corrected chi connectivity index (χ1v) is 11.5. The minimum absolute atomic E-state index is 0.736. The zero-order valence-electron chi connectivity index (χ0n) is 9.24. The molecule has 2 heterocycles. The number of aromatic nitrogens is 2. The van der Waals surface area contributed by atoms with Crippen LogP contribution in [-0.2, 0) is 0 Å². The standard InChI is InChI=1S/C8H17N3OSi2/c1-13(2)6-11(14(3,4)7-13)8-9-5-10-12-8/h5H,6-7H2,1-4H3. The summed E-state index contributed by atoms with van der Waals surface area (Å²) in [7, 11) is -2.35. The Morgan fingerprint density at radius 2 is 2.07 bits per heavy atom. The van der Waals surface area contributed by atoms with E-state index in [0.29, 0.717) is 0 Å². The Morgan fingerprint density at radius 1 is 1.36 bits per heavy atom. The van der Waals surface area contributed by atoms with Gasteiger partial charge in [-0.05, 0) is 5.67 Å². The van der Waals surface area contributed by atoms with Gasteiger partial charge in [0.25, 0.3) is 0 Å². The molecule has 0 saturated carbocycles. The fourth-order valence-electron chi connectivity index (χ4n) is 2.58. The number of nitrogens with zero attached hydrogens (tertiary/aromatic N) is 3. The highest BCUT2D eigenvalue weighted by atomic mass is 28.4. The third-order valence-corrected chi connectivity index (χ3v) is 13.4. The smallest absolute Gasteiger partial charge is 0.315 e. The summed E-state index contributed by atoms with van der Waals surface area (Å²) in [6.07, 6.45) is 2.67. The van der Waals surface area contributed by atoms with Crippen molar-refractivity contribution in [2.45, 2.75) is 31.9 Å². The molecule has 0 spiro atoms. The van der Waals surface area contributed by atoms with Crippen molar-refractivity contribution in [1.29, 1.82) is 0 Å². The average Bonchev–Trinajstić information content (AvgIpc) is 2.54. The highest BCUT2D eigenvalue weighted by Gasteiger charge is 2.47. The van der Waals surface area contributed by atoms with Crippen LogP contribution >= 0.6 is 0 Å². The molecule has 78 valence electrons. The zero-order chi connectivity index (χ0) is 10.4. The van der Waals surface area contributed by atoms with Crippen molar-refractivity contribution in [3.8, 4) is 0 Å². The fourth-order valence-corrected chi connectivity index (χ4v) is 17.8. The molecule has 0 aliphatic carbocycles. The quantitative estimate of drug-likeness (QED) is 0.687. The molecule has 0 bridgehead atoms. The predicted molar refractivity (Wildman–Crippen MR) is 61.4 cm³/mol. The second-order valence-electron chi connectivity index (χ2n) is 5.46. The van der Waals surface area contributed by atoms with Gasteiger partial charge in [-0.2, -0.15) is 4.98 Å². The Kier molecular flexibility index (Phi) is 2.07. The van der Waals surface area contributed by atoms with Gasteiger partial charge in [-0.15, -0.1) is 0 Å². The third-order valence-electron chi connectivity index (χ3n) is 2.81. The van der Waals surface area contributed by atoms with Crippen LogP contribution in [0, 0.1) is 0 Å². The highest BCUT2D eigenvalue weighted by molar-refractivity contribution is 7.01. The van der Waals surface area contributed by atoms with Gasteiger partial charge in [0.05, 0.1) is 8.07 Å².